The van der Waals surface area contributed by atoms with Crippen molar-refractivity contribution >= 4 is 11.6 Å². The van der Waals surface area contributed by atoms with Crippen LogP contribution in [0, 0.1) is 0 Å². The number of nitrogens with zero attached hydrogens (tertiary/aromatic N) is 4. The SMILES string of the molecule is COc1cc(C(=O)Nc2ccc(Oc3ccc(-n4ccnc4)nn3)cc2)cc(OC)c1OC. The van der Waals surface area contributed by atoms with E-state index in [1.165, 1.54) is 21.3 Å². The fourth-order valence-corrected chi connectivity index (χ4v) is 3.04. The third-order valence-electron chi connectivity index (χ3n) is 4.66. The zero-order valence-corrected chi connectivity index (χ0v) is 18.2. The Morgan fingerprint density at radius 2 is 1.64 bits per heavy atom. The smallest absolute Gasteiger partial charge is 0.255 e. The standard InChI is InChI=1S/C23H21N5O5/c1-30-18-12-15(13-19(31-2)22(18)32-3)23(29)25-16-4-6-17(7-5-16)33-21-9-8-20(26-27-21)28-11-10-24-14-28/h4-14H,1-3H3,(H,25,29). The van der Waals surface area contributed by atoms with Gasteiger partial charge in [0.2, 0.25) is 11.6 Å². The van der Waals surface area contributed by atoms with Crippen molar-refractivity contribution in [3.05, 3.63) is 72.8 Å². The van der Waals surface area contributed by atoms with Crippen molar-refractivity contribution in [3.63, 3.8) is 0 Å². The Morgan fingerprint density at radius 3 is 2.18 bits per heavy atom. The van der Waals surface area contributed by atoms with Gasteiger partial charge < -0.3 is 24.3 Å². The zero-order chi connectivity index (χ0) is 23.2. The summed E-state index contributed by atoms with van der Waals surface area (Å²) in [5, 5.41) is 11.0. The number of anilines is 1. The van der Waals surface area contributed by atoms with Gasteiger partial charge in [-0.2, -0.15) is 0 Å². The minimum atomic E-state index is -0.330. The van der Waals surface area contributed by atoms with E-state index in [0.29, 0.717) is 45.9 Å². The highest BCUT2D eigenvalue weighted by Gasteiger charge is 2.17. The normalized spacial score (nSPS) is 10.4. The van der Waals surface area contributed by atoms with Crippen LogP contribution < -0.4 is 24.3 Å². The number of methoxy groups -OCH3 is 3. The molecule has 10 heteroatoms. The van der Waals surface area contributed by atoms with Crippen LogP contribution in [-0.2, 0) is 0 Å². The highest BCUT2D eigenvalue weighted by Crippen LogP contribution is 2.38. The Morgan fingerprint density at radius 1 is 0.909 bits per heavy atom. The van der Waals surface area contributed by atoms with Crippen molar-refractivity contribution in [2.75, 3.05) is 26.6 Å². The van der Waals surface area contributed by atoms with Crippen molar-refractivity contribution in [1.29, 1.82) is 0 Å². The van der Waals surface area contributed by atoms with E-state index in [9.17, 15) is 4.79 Å². The Kier molecular flexibility index (Phi) is 6.35. The summed E-state index contributed by atoms with van der Waals surface area (Å²) in [5.41, 5.74) is 0.945. The summed E-state index contributed by atoms with van der Waals surface area (Å²) in [5.74, 6) is 2.39. The summed E-state index contributed by atoms with van der Waals surface area (Å²) in [7, 11) is 4.49. The number of nitrogens with one attached hydrogen (secondary N) is 1. The molecular weight excluding hydrogens is 426 g/mol. The Labute approximate surface area is 189 Å². The molecule has 0 aliphatic carbocycles. The number of rotatable bonds is 8. The number of amides is 1. The van der Waals surface area contributed by atoms with Crippen molar-refractivity contribution in [2.24, 2.45) is 0 Å². The van der Waals surface area contributed by atoms with E-state index in [-0.39, 0.29) is 5.91 Å². The third kappa shape index (κ3) is 4.85. The fourth-order valence-electron chi connectivity index (χ4n) is 3.04. The van der Waals surface area contributed by atoms with Gasteiger partial charge >= 0.3 is 0 Å². The number of imidazole rings is 1. The molecule has 1 amide bonds. The van der Waals surface area contributed by atoms with Gasteiger partial charge in [-0.05, 0) is 42.5 Å². The number of carbonyl (C=O) groups is 1. The second kappa shape index (κ2) is 9.69. The highest BCUT2D eigenvalue weighted by atomic mass is 16.5. The van der Waals surface area contributed by atoms with Gasteiger partial charge in [-0.15, -0.1) is 10.2 Å². The molecule has 168 valence electrons. The second-order valence-electron chi connectivity index (χ2n) is 6.69. The number of hydrogen-bond donors (Lipinski definition) is 1. The van der Waals surface area contributed by atoms with Gasteiger partial charge in [0.05, 0.1) is 21.3 Å². The molecule has 0 aliphatic heterocycles. The molecule has 4 rings (SSSR count). The quantitative estimate of drug-likeness (QED) is 0.435. The molecule has 4 aromatic rings. The van der Waals surface area contributed by atoms with E-state index in [1.54, 1.807) is 71.8 Å². The van der Waals surface area contributed by atoms with Crippen molar-refractivity contribution in [1.82, 2.24) is 19.7 Å². The van der Waals surface area contributed by atoms with Crippen LogP contribution in [-0.4, -0.2) is 47.0 Å². The number of aromatic nitrogens is 4. The molecule has 2 aromatic carbocycles. The third-order valence-corrected chi connectivity index (χ3v) is 4.66. The molecule has 0 bridgehead atoms. The molecular formula is C23H21N5O5. The van der Waals surface area contributed by atoms with Crippen LogP contribution in [0.4, 0.5) is 5.69 Å². The lowest BCUT2D eigenvalue weighted by Gasteiger charge is -2.14. The van der Waals surface area contributed by atoms with Crippen LogP contribution >= 0.6 is 0 Å². The van der Waals surface area contributed by atoms with E-state index in [1.807, 2.05) is 0 Å². The summed E-state index contributed by atoms with van der Waals surface area (Å²) in [6.45, 7) is 0. The van der Waals surface area contributed by atoms with Crippen LogP contribution in [0.2, 0.25) is 0 Å². The lowest BCUT2D eigenvalue weighted by atomic mass is 10.1. The van der Waals surface area contributed by atoms with E-state index in [0.717, 1.165) is 0 Å². The second-order valence-corrected chi connectivity index (χ2v) is 6.69. The summed E-state index contributed by atoms with van der Waals surface area (Å²) in [6, 6.07) is 13.5. The van der Waals surface area contributed by atoms with Gasteiger partial charge in [0.25, 0.3) is 5.91 Å². The molecule has 0 atom stereocenters. The van der Waals surface area contributed by atoms with Gasteiger partial charge in [0.15, 0.2) is 17.3 Å². The Bertz CT molecular complexity index is 1200. The maximum atomic E-state index is 12.7. The highest BCUT2D eigenvalue weighted by molar-refractivity contribution is 6.05. The average molecular weight is 447 g/mol. The summed E-state index contributed by atoms with van der Waals surface area (Å²) < 4.78 is 23.4. The zero-order valence-electron chi connectivity index (χ0n) is 18.2. The minimum absolute atomic E-state index is 0.330. The largest absolute Gasteiger partial charge is 0.493 e. The molecule has 2 heterocycles. The van der Waals surface area contributed by atoms with Crippen LogP contribution in [0.15, 0.2) is 67.3 Å². The van der Waals surface area contributed by atoms with Gasteiger partial charge in [0.1, 0.15) is 12.1 Å². The molecule has 0 radical (unpaired) electrons. The van der Waals surface area contributed by atoms with Crippen molar-refractivity contribution in [3.8, 4) is 34.7 Å². The molecule has 1 N–H and O–H groups in total. The van der Waals surface area contributed by atoms with Gasteiger partial charge in [-0.25, -0.2) is 4.98 Å². The van der Waals surface area contributed by atoms with Crippen molar-refractivity contribution in [2.45, 2.75) is 0 Å². The number of carbonyl (C=O) groups excluding carboxylic acids is 1. The van der Waals surface area contributed by atoms with E-state index in [2.05, 4.69) is 20.5 Å². The number of ether oxygens (including phenoxy) is 4. The van der Waals surface area contributed by atoms with Gasteiger partial charge in [-0.3, -0.25) is 9.36 Å². The van der Waals surface area contributed by atoms with Gasteiger partial charge in [0, 0.05) is 29.7 Å². The molecule has 33 heavy (non-hydrogen) atoms. The number of benzene rings is 2. The molecule has 0 spiro atoms. The van der Waals surface area contributed by atoms with E-state index >= 15 is 0 Å². The minimum Gasteiger partial charge on any atom is -0.493 e. The predicted molar refractivity (Wildman–Crippen MR) is 120 cm³/mol. The molecule has 0 unspecified atom stereocenters. The fraction of sp³-hybridized carbons (Fsp3) is 0.130. The first-order valence-corrected chi connectivity index (χ1v) is 9.82. The first-order chi connectivity index (χ1) is 16.1. The lowest BCUT2D eigenvalue weighted by molar-refractivity contribution is 0.102. The molecule has 0 aliphatic rings. The lowest BCUT2D eigenvalue weighted by Crippen LogP contribution is -2.12. The van der Waals surface area contributed by atoms with Crippen LogP contribution in [0.1, 0.15) is 10.4 Å². The average Bonchev–Trinajstić information content (AvgIpc) is 3.39. The predicted octanol–water partition coefficient (Wildman–Crippen LogP) is 3.73. The van der Waals surface area contributed by atoms with E-state index in [4.69, 9.17) is 18.9 Å². The van der Waals surface area contributed by atoms with Crippen LogP contribution in [0.5, 0.6) is 28.9 Å². The molecule has 0 fully saturated rings. The molecule has 0 saturated carbocycles. The Hall–Kier alpha value is -4.60. The van der Waals surface area contributed by atoms with E-state index < -0.39 is 0 Å². The van der Waals surface area contributed by atoms with Crippen molar-refractivity contribution < 1.29 is 23.7 Å². The summed E-state index contributed by atoms with van der Waals surface area (Å²) >= 11 is 0. The first kappa shape index (κ1) is 21.6. The van der Waals surface area contributed by atoms with Crippen LogP contribution in [0.3, 0.4) is 0 Å². The molecule has 10 nitrogen and oxygen atoms in total. The molecule has 2 aromatic heterocycles. The monoisotopic (exact) mass is 447 g/mol. The van der Waals surface area contributed by atoms with Crippen LogP contribution in [0.25, 0.3) is 5.82 Å². The summed E-state index contributed by atoms with van der Waals surface area (Å²) in [4.78, 5) is 16.7. The first-order valence-electron chi connectivity index (χ1n) is 9.82. The molecule has 0 saturated heterocycles. The van der Waals surface area contributed by atoms with Gasteiger partial charge in [-0.1, -0.05) is 0 Å². The summed E-state index contributed by atoms with van der Waals surface area (Å²) in [6.07, 6.45) is 5.07. The Balaban J connectivity index is 1.43. The number of hydrogen-bond acceptors (Lipinski definition) is 8. The topological polar surface area (TPSA) is 110 Å². The maximum absolute atomic E-state index is 12.7. The maximum Gasteiger partial charge on any atom is 0.255 e.